The summed E-state index contributed by atoms with van der Waals surface area (Å²) in [5.74, 6) is -1.08. The Morgan fingerprint density at radius 3 is 2.89 bits per heavy atom. The molecule has 0 aromatic heterocycles. The lowest BCUT2D eigenvalue weighted by Crippen LogP contribution is -2.38. The summed E-state index contributed by atoms with van der Waals surface area (Å²) in [6, 6.07) is 4.05. The average molecular weight is 271 g/mol. The van der Waals surface area contributed by atoms with E-state index in [9.17, 15) is 9.18 Å². The van der Waals surface area contributed by atoms with Crippen LogP contribution in [-0.2, 0) is 16.1 Å². The van der Waals surface area contributed by atoms with E-state index in [-0.39, 0.29) is 30.9 Å². The van der Waals surface area contributed by atoms with Crippen LogP contribution in [0.4, 0.5) is 4.39 Å². The van der Waals surface area contributed by atoms with Crippen LogP contribution < -0.4 is 10.1 Å². The van der Waals surface area contributed by atoms with Gasteiger partial charge in [-0.2, -0.15) is 0 Å². The third kappa shape index (κ3) is 4.84. The normalized spacial score (nSPS) is 12.0. The largest absolute Gasteiger partial charge is 0.480 e. The van der Waals surface area contributed by atoms with Crippen LogP contribution in [0.15, 0.2) is 18.2 Å². The van der Waals surface area contributed by atoms with E-state index in [2.05, 4.69) is 5.32 Å². The number of para-hydroxylation sites is 1. The Hall–Kier alpha value is -1.66. The second-order valence-corrected chi connectivity index (χ2v) is 4.10. The average Bonchev–Trinajstić information content (AvgIpc) is 2.37. The van der Waals surface area contributed by atoms with Gasteiger partial charge < -0.3 is 19.9 Å². The molecule has 1 rings (SSSR count). The predicted molar refractivity (Wildman–Crippen MR) is 67.3 cm³/mol. The second kappa shape index (κ2) is 7.70. The lowest BCUT2D eigenvalue weighted by molar-refractivity contribution is -0.124. The Morgan fingerprint density at radius 1 is 1.53 bits per heavy atom. The van der Waals surface area contributed by atoms with Gasteiger partial charge in [-0.25, -0.2) is 4.39 Å². The number of benzene rings is 1. The quantitative estimate of drug-likeness (QED) is 0.771. The van der Waals surface area contributed by atoms with Crippen LogP contribution in [-0.4, -0.2) is 37.4 Å². The molecule has 106 valence electrons. The Labute approximate surface area is 111 Å². The number of ether oxygens (including phenoxy) is 2. The Bertz CT molecular complexity index is 425. The van der Waals surface area contributed by atoms with Crippen molar-refractivity contribution in [3.63, 3.8) is 0 Å². The summed E-state index contributed by atoms with van der Waals surface area (Å²) in [5.41, 5.74) is 0.303. The molecule has 0 saturated heterocycles. The van der Waals surface area contributed by atoms with Crippen LogP contribution >= 0.6 is 0 Å². The van der Waals surface area contributed by atoms with Crippen molar-refractivity contribution in [3.05, 3.63) is 29.6 Å². The van der Waals surface area contributed by atoms with Gasteiger partial charge in [0, 0.05) is 18.7 Å². The number of aliphatic hydroxyl groups excluding tert-OH is 1. The van der Waals surface area contributed by atoms with Crippen molar-refractivity contribution in [2.24, 2.45) is 0 Å². The van der Waals surface area contributed by atoms with Crippen LogP contribution in [0.25, 0.3) is 0 Å². The van der Waals surface area contributed by atoms with Gasteiger partial charge in [0.2, 0.25) is 0 Å². The molecule has 0 bridgehead atoms. The molecule has 1 amide bonds. The maximum atomic E-state index is 13.5. The first-order chi connectivity index (χ1) is 9.08. The monoisotopic (exact) mass is 271 g/mol. The fraction of sp³-hybridized carbons (Fsp3) is 0.462. The van der Waals surface area contributed by atoms with Crippen molar-refractivity contribution in [1.82, 2.24) is 5.32 Å². The summed E-state index contributed by atoms with van der Waals surface area (Å²) >= 11 is 0. The van der Waals surface area contributed by atoms with E-state index in [0.717, 1.165) is 0 Å². The number of methoxy groups -OCH3 is 1. The van der Waals surface area contributed by atoms with Crippen LogP contribution in [0.5, 0.6) is 5.75 Å². The first-order valence-electron chi connectivity index (χ1n) is 5.87. The van der Waals surface area contributed by atoms with E-state index in [0.29, 0.717) is 12.2 Å². The van der Waals surface area contributed by atoms with Gasteiger partial charge in [0.25, 0.3) is 5.91 Å². The number of nitrogens with one attached hydrogen (secondary N) is 1. The minimum atomic E-state index is -0.607. The Kier molecular flexibility index (Phi) is 6.24. The molecule has 0 saturated carbocycles. The van der Waals surface area contributed by atoms with Crippen LogP contribution in [0, 0.1) is 5.82 Å². The van der Waals surface area contributed by atoms with Gasteiger partial charge in [-0.05, 0) is 13.0 Å². The standard InChI is InChI=1S/C13H18FNO4/c1-9(7-18-2)15-12(17)8-19-13-10(6-16)4-3-5-11(13)14/h3-5,9,16H,6-8H2,1-2H3,(H,15,17). The SMILES string of the molecule is COCC(C)NC(=O)COc1c(F)cccc1CO. The number of halogens is 1. The molecule has 0 aliphatic rings. The highest BCUT2D eigenvalue weighted by Gasteiger charge is 2.12. The Balaban J connectivity index is 2.55. The molecule has 0 aliphatic heterocycles. The third-order valence-corrected chi connectivity index (χ3v) is 2.39. The number of carbonyl (C=O) groups excluding carboxylic acids is 1. The topological polar surface area (TPSA) is 67.8 Å². The van der Waals surface area contributed by atoms with Gasteiger partial charge in [0.1, 0.15) is 0 Å². The molecule has 5 nitrogen and oxygen atoms in total. The molecule has 1 unspecified atom stereocenters. The Morgan fingerprint density at radius 2 is 2.26 bits per heavy atom. The third-order valence-electron chi connectivity index (χ3n) is 2.39. The molecule has 0 fully saturated rings. The van der Waals surface area contributed by atoms with Crippen molar-refractivity contribution >= 4 is 5.91 Å². The zero-order valence-electron chi connectivity index (χ0n) is 11.0. The number of carbonyl (C=O) groups is 1. The number of hydrogen-bond donors (Lipinski definition) is 2. The number of hydrogen-bond acceptors (Lipinski definition) is 4. The second-order valence-electron chi connectivity index (χ2n) is 4.10. The lowest BCUT2D eigenvalue weighted by Gasteiger charge is -2.14. The van der Waals surface area contributed by atoms with Crippen LogP contribution in [0.3, 0.4) is 0 Å². The summed E-state index contributed by atoms with van der Waals surface area (Å²) in [6.07, 6.45) is 0. The van der Waals surface area contributed by atoms with E-state index >= 15 is 0 Å². The molecule has 0 spiro atoms. The van der Waals surface area contributed by atoms with Crippen molar-refractivity contribution in [2.75, 3.05) is 20.3 Å². The molecule has 0 heterocycles. The van der Waals surface area contributed by atoms with E-state index in [1.165, 1.54) is 25.3 Å². The fourth-order valence-electron chi connectivity index (χ4n) is 1.59. The molecule has 0 radical (unpaired) electrons. The minimum absolute atomic E-state index is 0.0976. The smallest absolute Gasteiger partial charge is 0.258 e. The molecular weight excluding hydrogens is 253 g/mol. The molecule has 1 aromatic carbocycles. The highest BCUT2D eigenvalue weighted by Crippen LogP contribution is 2.22. The predicted octanol–water partition coefficient (Wildman–Crippen LogP) is 0.848. The van der Waals surface area contributed by atoms with Crippen LogP contribution in [0.2, 0.25) is 0 Å². The van der Waals surface area contributed by atoms with Gasteiger partial charge in [0.05, 0.1) is 13.2 Å². The van der Waals surface area contributed by atoms with E-state index in [1.807, 2.05) is 0 Å². The summed E-state index contributed by atoms with van der Waals surface area (Å²) in [4.78, 5) is 11.5. The number of amides is 1. The number of aliphatic hydroxyl groups is 1. The van der Waals surface area contributed by atoms with E-state index in [4.69, 9.17) is 14.6 Å². The molecule has 1 aromatic rings. The molecular formula is C13H18FNO4. The van der Waals surface area contributed by atoms with Gasteiger partial charge >= 0.3 is 0 Å². The van der Waals surface area contributed by atoms with Crippen molar-refractivity contribution < 1.29 is 23.8 Å². The highest BCUT2D eigenvalue weighted by molar-refractivity contribution is 5.77. The highest BCUT2D eigenvalue weighted by atomic mass is 19.1. The van der Waals surface area contributed by atoms with Gasteiger partial charge in [0.15, 0.2) is 18.2 Å². The molecule has 1 atom stereocenters. The fourth-order valence-corrected chi connectivity index (χ4v) is 1.59. The molecule has 6 heteroatoms. The summed E-state index contributed by atoms with van der Waals surface area (Å²) in [6.45, 7) is 1.49. The maximum Gasteiger partial charge on any atom is 0.258 e. The minimum Gasteiger partial charge on any atom is -0.480 e. The van der Waals surface area contributed by atoms with Gasteiger partial charge in [-0.1, -0.05) is 12.1 Å². The van der Waals surface area contributed by atoms with Gasteiger partial charge in [-0.15, -0.1) is 0 Å². The number of rotatable bonds is 7. The maximum absolute atomic E-state index is 13.5. The van der Waals surface area contributed by atoms with E-state index in [1.54, 1.807) is 6.92 Å². The van der Waals surface area contributed by atoms with Crippen molar-refractivity contribution in [3.8, 4) is 5.75 Å². The summed E-state index contributed by atoms with van der Waals surface area (Å²) in [5, 5.41) is 11.7. The summed E-state index contributed by atoms with van der Waals surface area (Å²) in [7, 11) is 1.53. The zero-order chi connectivity index (χ0) is 14.3. The van der Waals surface area contributed by atoms with E-state index < -0.39 is 5.82 Å². The summed E-state index contributed by atoms with van der Waals surface area (Å²) < 4.78 is 23.5. The lowest BCUT2D eigenvalue weighted by atomic mass is 10.2. The van der Waals surface area contributed by atoms with Gasteiger partial charge in [-0.3, -0.25) is 4.79 Å². The van der Waals surface area contributed by atoms with Crippen molar-refractivity contribution in [2.45, 2.75) is 19.6 Å². The first-order valence-corrected chi connectivity index (χ1v) is 5.87. The molecule has 2 N–H and O–H groups in total. The molecule has 19 heavy (non-hydrogen) atoms. The molecule has 0 aliphatic carbocycles. The first kappa shape index (κ1) is 15.4. The zero-order valence-corrected chi connectivity index (χ0v) is 11.0. The van der Waals surface area contributed by atoms with Crippen LogP contribution in [0.1, 0.15) is 12.5 Å². The van der Waals surface area contributed by atoms with Crippen molar-refractivity contribution in [1.29, 1.82) is 0 Å².